The van der Waals surface area contributed by atoms with Crippen molar-refractivity contribution in [2.24, 2.45) is 0 Å². The summed E-state index contributed by atoms with van der Waals surface area (Å²) in [5.74, 6) is 2.41. The third-order valence-corrected chi connectivity index (χ3v) is 10.6. The van der Waals surface area contributed by atoms with Crippen molar-refractivity contribution in [1.29, 1.82) is 0 Å². The van der Waals surface area contributed by atoms with Crippen molar-refractivity contribution < 1.29 is 4.74 Å². The standard InChI is InChI=1S/C50H56N4O/c1-31-24-32(2)46(33(3)25-31)53-42-27-35(49(7,8)9)26-41(50(10,11)12)47(42)52-36-16-15-17-37(29-36)55-38-20-21-40-39-18-13-14-19-43(39)54(44(40)30-38)45-28-34(22-23-51-45)48(4,5)6/h13-30,52-53H,1-12H3. The van der Waals surface area contributed by atoms with Gasteiger partial charge in [0.15, 0.2) is 0 Å². The molecule has 0 unspecified atom stereocenters. The molecule has 0 amide bonds. The Labute approximate surface area is 327 Å². The topological polar surface area (TPSA) is 51.1 Å². The van der Waals surface area contributed by atoms with Crippen LogP contribution in [-0.2, 0) is 16.2 Å². The molecule has 0 bridgehead atoms. The molecule has 0 atom stereocenters. The minimum Gasteiger partial charge on any atom is -0.457 e. The van der Waals surface area contributed by atoms with Gasteiger partial charge in [0.2, 0.25) is 0 Å². The summed E-state index contributed by atoms with van der Waals surface area (Å²) in [5.41, 5.74) is 13.7. The summed E-state index contributed by atoms with van der Waals surface area (Å²) in [7, 11) is 0. The number of nitrogens with one attached hydrogen (secondary N) is 2. The van der Waals surface area contributed by atoms with Crippen LogP contribution in [0.3, 0.4) is 0 Å². The van der Waals surface area contributed by atoms with Gasteiger partial charge in [-0.1, -0.05) is 110 Å². The van der Waals surface area contributed by atoms with E-state index in [1.54, 1.807) is 0 Å². The Kier molecular flexibility index (Phi) is 9.57. The second-order valence-corrected chi connectivity index (χ2v) is 18.3. The summed E-state index contributed by atoms with van der Waals surface area (Å²) < 4.78 is 8.93. The summed E-state index contributed by atoms with van der Waals surface area (Å²) in [4.78, 5) is 4.86. The summed E-state index contributed by atoms with van der Waals surface area (Å²) in [6.45, 7) is 27.0. The van der Waals surface area contributed by atoms with Gasteiger partial charge in [0, 0.05) is 40.5 Å². The van der Waals surface area contributed by atoms with Crippen LogP contribution in [0.25, 0.3) is 27.6 Å². The predicted molar refractivity (Wildman–Crippen MR) is 235 cm³/mol. The van der Waals surface area contributed by atoms with Crippen LogP contribution < -0.4 is 15.4 Å². The quantitative estimate of drug-likeness (QED) is 0.172. The molecule has 0 radical (unpaired) electrons. The van der Waals surface area contributed by atoms with Crippen LogP contribution >= 0.6 is 0 Å². The number of hydrogen-bond donors (Lipinski definition) is 2. The molecule has 0 saturated heterocycles. The Morgan fingerprint density at radius 3 is 1.91 bits per heavy atom. The molecule has 0 saturated carbocycles. The number of ether oxygens (including phenoxy) is 1. The zero-order valence-corrected chi connectivity index (χ0v) is 34.7. The lowest BCUT2D eigenvalue weighted by Gasteiger charge is -2.31. The van der Waals surface area contributed by atoms with E-state index in [4.69, 9.17) is 9.72 Å². The first-order valence-electron chi connectivity index (χ1n) is 19.5. The number of aryl methyl sites for hydroxylation is 3. The first-order valence-corrected chi connectivity index (χ1v) is 19.5. The number of benzene rings is 5. The Bertz CT molecular complexity index is 2530. The van der Waals surface area contributed by atoms with E-state index >= 15 is 0 Å². The van der Waals surface area contributed by atoms with Crippen molar-refractivity contribution in [1.82, 2.24) is 9.55 Å². The van der Waals surface area contributed by atoms with Gasteiger partial charge in [-0.3, -0.25) is 4.57 Å². The fraction of sp³-hybridized carbons (Fsp3) is 0.300. The maximum Gasteiger partial charge on any atom is 0.137 e. The molecule has 0 spiro atoms. The Morgan fingerprint density at radius 2 is 1.22 bits per heavy atom. The SMILES string of the molecule is Cc1cc(C)c(Nc2cc(C(C)(C)C)cc(C(C)(C)C)c2Nc2cccc(Oc3ccc4c5ccccc5n(-c5cc(C(C)(C)C)ccn5)c4c3)c2)c(C)c1. The molecule has 7 rings (SSSR count). The van der Waals surface area contributed by atoms with Gasteiger partial charge in [0.05, 0.1) is 22.4 Å². The number of nitrogens with zero attached hydrogens (tertiary/aromatic N) is 2. The van der Waals surface area contributed by atoms with E-state index in [2.05, 4.69) is 195 Å². The Morgan fingerprint density at radius 1 is 0.545 bits per heavy atom. The van der Waals surface area contributed by atoms with E-state index in [-0.39, 0.29) is 16.2 Å². The molecule has 2 N–H and O–H groups in total. The third kappa shape index (κ3) is 7.71. The molecule has 0 aliphatic rings. The van der Waals surface area contributed by atoms with Gasteiger partial charge in [-0.05, 0) is 113 Å². The second kappa shape index (κ2) is 13.9. The maximum absolute atomic E-state index is 6.67. The highest BCUT2D eigenvalue weighted by Crippen LogP contribution is 2.43. The summed E-state index contributed by atoms with van der Waals surface area (Å²) in [6, 6.07) is 36.7. The van der Waals surface area contributed by atoms with E-state index in [1.807, 2.05) is 12.3 Å². The van der Waals surface area contributed by atoms with E-state index in [0.717, 1.165) is 56.5 Å². The number of hydrogen-bond acceptors (Lipinski definition) is 4. The van der Waals surface area contributed by atoms with Gasteiger partial charge in [0.1, 0.15) is 17.3 Å². The highest BCUT2D eigenvalue weighted by Gasteiger charge is 2.26. The van der Waals surface area contributed by atoms with E-state index in [0.29, 0.717) is 0 Å². The molecule has 7 aromatic rings. The Balaban J connectivity index is 1.29. The third-order valence-electron chi connectivity index (χ3n) is 10.6. The molecule has 55 heavy (non-hydrogen) atoms. The Hall–Kier alpha value is -5.55. The molecule has 2 aromatic heterocycles. The van der Waals surface area contributed by atoms with Crippen molar-refractivity contribution in [2.45, 2.75) is 99.3 Å². The number of aromatic nitrogens is 2. The molecular formula is C50H56N4O. The van der Waals surface area contributed by atoms with E-state index in [9.17, 15) is 0 Å². The van der Waals surface area contributed by atoms with Gasteiger partial charge in [-0.15, -0.1) is 0 Å². The zero-order chi connectivity index (χ0) is 39.4. The van der Waals surface area contributed by atoms with E-state index in [1.165, 1.54) is 38.8 Å². The summed E-state index contributed by atoms with van der Waals surface area (Å²) >= 11 is 0. The average molecular weight is 729 g/mol. The smallest absolute Gasteiger partial charge is 0.137 e. The van der Waals surface area contributed by atoms with Crippen molar-refractivity contribution in [3.05, 3.63) is 143 Å². The molecule has 2 heterocycles. The van der Waals surface area contributed by atoms with Gasteiger partial charge in [-0.2, -0.15) is 0 Å². The van der Waals surface area contributed by atoms with Crippen LogP contribution in [-0.4, -0.2) is 9.55 Å². The largest absolute Gasteiger partial charge is 0.457 e. The molecule has 0 aliphatic heterocycles. The van der Waals surface area contributed by atoms with Gasteiger partial charge >= 0.3 is 0 Å². The first kappa shape index (κ1) is 37.8. The lowest BCUT2D eigenvalue weighted by Crippen LogP contribution is -2.19. The molecule has 282 valence electrons. The fourth-order valence-electron chi connectivity index (χ4n) is 7.60. The van der Waals surface area contributed by atoms with Crippen LogP contribution in [0.15, 0.2) is 109 Å². The van der Waals surface area contributed by atoms with Crippen LogP contribution in [0, 0.1) is 20.8 Å². The predicted octanol–water partition coefficient (Wildman–Crippen LogP) is 14.3. The fourth-order valence-corrected chi connectivity index (χ4v) is 7.60. The van der Waals surface area contributed by atoms with Crippen LogP contribution in [0.5, 0.6) is 11.5 Å². The van der Waals surface area contributed by atoms with Crippen molar-refractivity contribution in [3.63, 3.8) is 0 Å². The number of pyridine rings is 1. The highest BCUT2D eigenvalue weighted by atomic mass is 16.5. The lowest BCUT2D eigenvalue weighted by molar-refractivity contribution is 0.483. The summed E-state index contributed by atoms with van der Waals surface area (Å²) in [6.07, 6.45) is 1.92. The average Bonchev–Trinajstić information content (AvgIpc) is 3.42. The minimum atomic E-state index is -0.124. The van der Waals surface area contributed by atoms with E-state index < -0.39 is 0 Å². The molecule has 5 aromatic carbocycles. The monoisotopic (exact) mass is 728 g/mol. The molecule has 5 nitrogen and oxygen atoms in total. The first-order chi connectivity index (χ1) is 25.9. The molecule has 0 fully saturated rings. The van der Waals surface area contributed by atoms with Crippen molar-refractivity contribution >= 4 is 44.6 Å². The van der Waals surface area contributed by atoms with Crippen LogP contribution in [0.2, 0.25) is 0 Å². The molecular weight excluding hydrogens is 673 g/mol. The normalized spacial score (nSPS) is 12.4. The van der Waals surface area contributed by atoms with Crippen LogP contribution in [0.4, 0.5) is 22.7 Å². The van der Waals surface area contributed by atoms with Crippen molar-refractivity contribution in [3.8, 4) is 17.3 Å². The van der Waals surface area contributed by atoms with Crippen LogP contribution in [0.1, 0.15) is 95.7 Å². The molecule has 0 aliphatic carbocycles. The number of rotatable bonds is 7. The van der Waals surface area contributed by atoms with Gasteiger partial charge in [-0.25, -0.2) is 4.98 Å². The maximum atomic E-state index is 6.67. The number of fused-ring (bicyclic) bond motifs is 3. The zero-order valence-electron chi connectivity index (χ0n) is 34.7. The summed E-state index contributed by atoms with van der Waals surface area (Å²) in [5, 5.41) is 10.1. The number of para-hydroxylation sites is 1. The van der Waals surface area contributed by atoms with Gasteiger partial charge in [0.25, 0.3) is 0 Å². The van der Waals surface area contributed by atoms with Gasteiger partial charge < -0.3 is 15.4 Å². The second-order valence-electron chi connectivity index (χ2n) is 18.3. The minimum absolute atomic E-state index is 0.00142. The number of anilines is 4. The lowest BCUT2D eigenvalue weighted by atomic mass is 9.79. The highest BCUT2D eigenvalue weighted by molar-refractivity contribution is 6.09. The van der Waals surface area contributed by atoms with Crippen molar-refractivity contribution in [2.75, 3.05) is 10.6 Å². The molecule has 5 heteroatoms.